The molecule has 2 heterocycles. The number of rotatable bonds is 2. The zero-order valence-electron chi connectivity index (χ0n) is 8.06. The highest BCUT2D eigenvalue weighted by Gasteiger charge is 2.23. The van der Waals surface area contributed by atoms with Crippen molar-refractivity contribution < 1.29 is 9.53 Å². The SMILES string of the molecule is Cn1cc(C(=O)C2CNCCO2)cn1. The van der Waals surface area contributed by atoms with Gasteiger partial charge in [0, 0.05) is 26.3 Å². The van der Waals surface area contributed by atoms with Crippen molar-refractivity contribution in [3.05, 3.63) is 18.0 Å². The van der Waals surface area contributed by atoms with Gasteiger partial charge >= 0.3 is 0 Å². The van der Waals surface area contributed by atoms with Crippen LogP contribution in [-0.2, 0) is 11.8 Å². The minimum Gasteiger partial charge on any atom is -0.367 e. The van der Waals surface area contributed by atoms with Gasteiger partial charge in [-0.15, -0.1) is 0 Å². The van der Waals surface area contributed by atoms with E-state index in [1.54, 1.807) is 24.1 Å². The molecule has 5 nitrogen and oxygen atoms in total. The summed E-state index contributed by atoms with van der Waals surface area (Å²) in [4.78, 5) is 11.8. The van der Waals surface area contributed by atoms with Crippen LogP contribution in [0.3, 0.4) is 0 Å². The predicted octanol–water partition coefficient (Wildman–Crippen LogP) is -0.409. The van der Waals surface area contributed by atoms with Gasteiger partial charge in [-0.2, -0.15) is 5.10 Å². The molecular weight excluding hydrogens is 182 g/mol. The molecule has 76 valence electrons. The van der Waals surface area contributed by atoms with Crippen molar-refractivity contribution in [3.63, 3.8) is 0 Å². The fourth-order valence-electron chi connectivity index (χ4n) is 1.47. The van der Waals surface area contributed by atoms with E-state index in [9.17, 15) is 4.79 Å². The maximum atomic E-state index is 11.8. The Morgan fingerprint density at radius 1 is 1.79 bits per heavy atom. The Hall–Kier alpha value is -1.20. The van der Waals surface area contributed by atoms with E-state index in [0.29, 0.717) is 18.7 Å². The van der Waals surface area contributed by atoms with E-state index >= 15 is 0 Å². The third-order valence-electron chi connectivity index (χ3n) is 2.21. The van der Waals surface area contributed by atoms with E-state index in [1.807, 2.05) is 0 Å². The number of aromatic nitrogens is 2. The van der Waals surface area contributed by atoms with Crippen LogP contribution in [0.2, 0.25) is 0 Å². The lowest BCUT2D eigenvalue weighted by Crippen LogP contribution is -2.43. The lowest BCUT2D eigenvalue weighted by atomic mass is 10.1. The molecule has 1 aromatic heterocycles. The van der Waals surface area contributed by atoms with Crippen molar-refractivity contribution in [2.24, 2.45) is 7.05 Å². The number of Topliss-reactive ketones (excluding diaryl/α,β-unsaturated/α-hetero) is 1. The third kappa shape index (κ3) is 1.83. The first-order chi connectivity index (χ1) is 6.77. The van der Waals surface area contributed by atoms with Crippen LogP contribution in [0, 0.1) is 0 Å². The maximum absolute atomic E-state index is 11.8. The van der Waals surface area contributed by atoms with Gasteiger partial charge in [-0.3, -0.25) is 9.48 Å². The number of carbonyl (C=O) groups excluding carboxylic acids is 1. The highest BCUT2D eigenvalue weighted by Crippen LogP contribution is 2.06. The summed E-state index contributed by atoms with van der Waals surface area (Å²) < 4.78 is 6.97. The van der Waals surface area contributed by atoms with E-state index < -0.39 is 0 Å². The average Bonchev–Trinajstić information content (AvgIpc) is 2.65. The number of nitrogens with zero attached hydrogens (tertiary/aromatic N) is 2. The molecule has 0 amide bonds. The average molecular weight is 195 g/mol. The fourth-order valence-corrected chi connectivity index (χ4v) is 1.47. The van der Waals surface area contributed by atoms with Crippen molar-refractivity contribution >= 4 is 5.78 Å². The molecule has 14 heavy (non-hydrogen) atoms. The number of carbonyl (C=O) groups is 1. The van der Waals surface area contributed by atoms with Gasteiger partial charge in [-0.05, 0) is 0 Å². The smallest absolute Gasteiger partial charge is 0.196 e. The summed E-state index contributed by atoms with van der Waals surface area (Å²) in [7, 11) is 1.79. The lowest BCUT2D eigenvalue weighted by molar-refractivity contribution is 0.0269. The second-order valence-electron chi connectivity index (χ2n) is 3.33. The van der Waals surface area contributed by atoms with Gasteiger partial charge in [0.15, 0.2) is 5.78 Å². The third-order valence-corrected chi connectivity index (χ3v) is 2.21. The summed E-state index contributed by atoms with van der Waals surface area (Å²) in [6.45, 7) is 2.00. The van der Waals surface area contributed by atoms with Gasteiger partial charge in [0.25, 0.3) is 0 Å². The zero-order valence-corrected chi connectivity index (χ0v) is 8.06. The van der Waals surface area contributed by atoms with Crippen LogP contribution >= 0.6 is 0 Å². The number of hydrogen-bond acceptors (Lipinski definition) is 4. The molecule has 1 aliphatic heterocycles. The number of hydrogen-bond donors (Lipinski definition) is 1. The van der Waals surface area contributed by atoms with Crippen molar-refractivity contribution in [3.8, 4) is 0 Å². The molecule has 0 aliphatic carbocycles. The topological polar surface area (TPSA) is 56.2 Å². The minimum absolute atomic E-state index is 0.00491. The van der Waals surface area contributed by atoms with Gasteiger partial charge in [0.1, 0.15) is 6.10 Å². The summed E-state index contributed by atoms with van der Waals surface area (Å²) >= 11 is 0. The number of morpholine rings is 1. The molecular formula is C9H13N3O2. The van der Waals surface area contributed by atoms with E-state index in [0.717, 1.165) is 6.54 Å². The Balaban J connectivity index is 2.07. The summed E-state index contributed by atoms with van der Waals surface area (Å²) in [5.74, 6) is 0.00491. The molecule has 0 saturated carbocycles. The molecule has 1 N–H and O–H groups in total. The first kappa shape index (κ1) is 9.36. The fraction of sp³-hybridized carbons (Fsp3) is 0.556. The number of aryl methyl sites for hydroxylation is 1. The zero-order chi connectivity index (χ0) is 9.97. The summed E-state index contributed by atoms with van der Waals surface area (Å²) in [6.07, 6.45) is 2.92. The van der Waals surface area contributed by atoms with Crippen LogP contribution in [-0.4, -0.2) is 41.4 Å². The molecule has 1 fully saturated rings. The van der Waals surface area contributed by atoms with Crippen LogP contribution in [0.5, 0.6) is 0 Å². The Kier molecular flexibility index (Phi) is 2.60. The Morgan fingerprint density at radius 2 is 2.64 bits per heavy atom. The quantitative estimate of drug-likeness (QED) is 0.652. The summed E-state index contributed by atoms with van der Waals surface area (Å²) in [5.41, 5.74) is 0.612. The normalized spacial score (nSPS) is 22.2. The van der Waals surface area contributed by atoms with E-state index in [2.05, 4.69) is 10.4 Å². The van der Waals surface area contributed by atoms with Gasteiger partial charge < -0.3 is 10.1 Å². The first-order valence-corrected chi connectivity index (χ1v) is 4.62. The maximum Gasteiger partial charge on any atom is 0.196 e. The van der Waals surface area contributed by atoms with Crippen LogP contribution < -0.4 is 5.32 Å². The van der Waals surface area contributed by atoms with Crippen LogP contribution in [0.4, 0.5) is 0 Å². The van der Waals surface area contributed by atoms with Crippen LogP contribution in [0.1, 0.15) is 10.4 Å². The van der Waals surface area contributed by atoms with Gasteiger partial charge in [-0.25, -0.2) is 0 Å². The van der Waals surface area contributed by atoms with E-state index in [4.69, 9.17) is 4.74 Å². The van der Waals surface area contributed by atoms with Crippen molar-refractivity contribution in [2.45, 2.75) is 6.10 Å². The van der Waals surface area contributed by atoms with Gasteiger partial charge in [-0.1, -0.05) is 0 Å². The highest BCUT2D eigenvalue weighted by molar-refractivity contribution is 5.99. The van der Waals surface area contributed by atoms with Gasteiger partial charge in [0.05, 0.1) is 18.4 Å². The standard InChI is InChI=1S/C9H13N3O2/c1-12-6-7(4-11-12)9(13)8-5-10-2-3-14-8/h4,6,8,10H,2-3,5H2,1H3. The Labute approximate surface area is 82.0 Å². The largest absolute Gasteiger partial charge is 0.367 e. The molecule has 0 radical (unpaired) electrons. The predicted molar refractivity (Wildman–Crippen MR) is 50.1 cm³/mol. The number of ketones is 1. The molecule has 1 atom stereocenters. The van der Waals surface area contributed by atoms with Gasteiger partial charge in [0.2, 0.25) is 0 Å². The minimum atomic E-state index is -0.354. The highest BCUT2D eigenvalue weighted by atomic mass is 16.5. The summed E-state index contributed by atoms with van der Waals surface area (Å²) in [5, 5.41) is 7.07. The molecule has 5 heteroatoms. The second-order valence-corrected chi connectivity index (χ2v) is 3.33. The molecule has 0 bridgehead atoms. The number of nitrogens with one attached hydrogen (secondary N) is 1. The Morgan fingerprint density at radius 3 is 3.21 bits per heavy atom. The van der Waals surface area contributed by atoms with E-state index in [1.165, 1.54) is 0 Å². The van der Waals surface area contributed by atoms with Crippen molar-refractivity contribution in [1.29, 1.82) is 0 Å². The molecule has 2 rings (SSSR count). The lowest BCUT2D eigenvalue weighted by Gasteiger charge is -2.21. The number of ether oxygens (including phenoxy) is 1. The Bertz CT molecular complexity index is 329. The molecule has 1 aromatic rings. The molecule has 1 unspecified atom stereocenters. The first-order valence-electron chi connectivity index (χ1n) is 4.62. The second kappa shape index (κ2) is 3.89. The molecule has 1 saturated heterocycles. The van der Waals surface area contributed by atoms with Crippen molar-refractivity contribution in [2.75, 3.05) is 19.7 Å². The summed E-state index contributed by atoms with van der Waals surface area (Å²) in [6, 6.07) is 0. The molecule has 0 aromatic carbocycles. The molecule has 1 aliphatic rings. The monoisotopic (exact) mass is 195 g/mol. The van der Waals surface area contributed by atoms with Crippen LogP contribution in [0.15, 0.2) is 12.4 Å². The molecule has 0 spiro atoms. The van der Waals surface area contributed by atoms with E-state index in [-0.39, 0.29) is 11.9 Å². The van der Waals surface area contributed by atoms with Crippen LogP contribution in [0.25, 0.3) is 0 Å². The van der Waals surface area contributed by atoms with Crippen molar-refractivity contribution in [1.82, 2.24) is 15.1 Å².